The van der Waals surface area contributed by atoms with Gasteiger partial charge in [0.2, 0.25) is 11.8 Å². The SMILES string of the molecule is CC(C)C(=O)NCCNC(=O)CCCNC(=O)c1ccsc1. The molecule has 0 fully saturated rings. The quantitative estimate of drug-likeness (QED) is 0.595. The molecule has 6 nitrogen and oxygen atoms in total. The second-order valence-electron chi connectivity index (χ2n) is 5.17. The molecule has 0 aliphatic carbocycles. The number of carbonyl (C=O) groups excluding carboxylic acids is 3. The zero-order valence-corrected chi connectivity index (χ0v) is 13.8. The molecule has 0 aliphatic heterocycles. The molecule has 0 unspecified atom stereocenters. The summed E-state index contributed by atoms with van der Waals surface area (Å²) in [6.07, 6.45) is 0.933. The normalized spacial score (nSPS) is 10.3. The number of carbonyl (C=O) groups is 3. The maximum Gasteiger partial charge on any atom is 0.252 e. The van der Waals surface area contributed by atoms with Crippen molar-refractivity contribution in [3.8, 4) is 0 Å². The van der Waals surface area contributed by atoms with Crippen LogP contribution < -0.4 is 16.0 Å². The standard InChI is InChI=1S/C15H23N3O3S/c1-11(2)14(20)18-8-7-16-13(19)4-3-6-17-15(21)12-5-9-22-10-12/h5,9-11H,3-4,6-8H2,1-2H3,(H,16,19)(H,17,21)(H,18,20). The molecule has 0 aromatic carbocycles. The Labute approximate surface area is 134 Å². The number of hydrogen-bond acceptors (Lipinski definition) is 4. The van der Waals surface area contributed by atoms with Gasteiger partial charge >= 0.3 is 0 Å². The van der Waals surface area contributed by atoms with Gasteiger partial charge in [-0.25, -0.2) is 0 Å². The van der Waals surface area contributed by atoms with Crippen molar-refractivity contribution >= 4 is 29.1 Å². The minimum Gasteiger partial charge on any atom is -0.354 e. The third kappa shape index (κ3) is 7.21. The van der Waals surface area contributed by atoms with Gasteiger partial charge in [0.05, 0.1) is 0 Å². The average molecular weight is 325 g/mol. The topological polar surface area (TPSA) is 87.3 Å². The van der Waals surface area contributed by atoms with Crippen molar-refractivity contribution in [3.05, 3.63) is 22.4 Å². The summed E-state index contributed by atoms with van der Waals surface area (Å²) in [5, 5.41) is 11.9. The highest BCUT2D eigenvalue weighted by molar-refractivity contribution is 7.08. The van der Waals surface area contributed by atoms with Crippen molar-refractivity contribution in [2.45, 2.75) is 26.7 Å². The fourth-order valence-electron chi connectivity index (χ4n) is 1.63. The third-order valence-corrected chi connectivity index (χ3v) is 3.60. The Hall–Kier alpha value is -1.89. The first-order valence-electron chi connectivity index (χ1n) is 7.35. The van der Waals surface area contributed by atoms with Crippen molar-refractivity contribution in [2.75, 3.05) is 19.6 Å². The average Bonchev–Trinajstić information content (AvgIpc) is 3.01. The largest absolute Gasteiger partial charge is 0.354 e. The molecule has 122 valence electrons. The van der Waals surface area contributed by atoms with Crippen LogP contribution in [0.15, 0.2) is 16.8 Å². The van der Waals surface area contributed by atoms with Gasteiger partial charge in [-0.05, 0) is 17.9 Å². The maximum absolute atomic E-state index is 11.6. The Kier molecular flexibility index (Phi) is 8.21. The van der Waals surface area contributed by atoms with Crippen molar-refractivity contribution in [3.63, 3.8) is 0 Å². The number of hydrogen-bond donors (Lipinski definition) is 3. The van der Waals surface area contributed by atoms with E-state index in [4.69, 9.17) is 0 Å². The molecule has 3 N–H and O–H groups in total. The predicted molar refractivity (Wildman–Crippen MR) is 86.7 cm³/mol. The Bertz CT molecular complexity index is 486. The summed E-state index contributed by atoms with van der Waals surface area (Å²) in [4.78, 5) is 34.5. The molecular formula is C15H23N3O3S. The van der Waals surface area contributed by atoms with E-state index in [1.807, 2.05) is 19.2 Å². The van der Waals surface area contributed by atoms with Crippen LogP contribution in [0.25, 0.3) is 0 Å². The Morgan fingerprint density at radius 2 is 1.82 bits per heavy atom. The lowest BCUT2D eigenvalue weighted by molar-refractivity contribution is -0.124. The molecule has 22 heavy (non-hydrogen) atoms. The van der Waals surface area contributed by atoms with Crippen molar-refractivity contribution in [1.82, 2.24) is 16.0 Å². The van der Waals surface area contributed by atoms with E-state index in [9.17, 15) is 14.4 Å². The third-order valence-electron chi connectivity index (χ3n) is 2.92. The summed E-state index contributed by atoms with van der Waals surface area (Å²) in [6.45, 7) is 4.94. The van der Waals surface area contributed by atoms with Crippen LogP contribution >= 0.6 is 11.3 Å². The first-order valence-corrected chi connectivity index (χ1v) is 8.29. The smallest absolute Gasteiger partial charge is 0.252 e. The van der Waals surface area contributed by atoms with Crippen LogP contribution in [-0.2, 0) is 9.59 Å². The lowest BCUT2D eigenvalue weighted by Crippen LogP contribution is -2.36. The van der Waals surface area contributed by atoms with Gasteiger partial charge in [-0.2, -0.15) is 11.3 Å². The molecule has 0 saturated carbocycles. The highest BCUT2D eigenvalue weighted by Gasteiger charge is 2.07. The lowest BCUT2D eigenvalue weighted by Gasteiger charge is -2.09. The first kappa shape index (κ1) is 18.2. The lowest BCUT2D eigenvalue weighted by atomic mass is 10.2. The van der Waals surface area contributed by atoms with Crippen LogP contribution in [0.2, 0.25) is 0 Å². The number of amides is 3. The molecule has 7 heteroatoms. The molecule has 0 aliphatic rings. The summed E-state index contributed by atoms with van der Waals surface area (Å²) in [6, 6.07) is 1.76. The van der Waals surface area contributed by atoms with Crippen LogP contribution in [0.3, 0.4) is 0 Å². The molecule has 0 radical (unpaired) electrons. The fourth-order valence-corrected chi connectivity index (χ4v) is 2.26. The summed E-state index contributed by atoms with van der Waals surface area (Å²) in [5.74, 6) is -0.269. The van der Waals surface area contributed by atoms with E-state index in [0.717, 1.165) is 0 Å². The molecule has 0 spiro atoms. The van der Waals surface area contributed by atoms with Crippen molar-refractivity contribution < 1.29 is 14.4 Å². The monoisotopic (exact) mass is 325 g/mol. The van der Waals surface area contributed by atoms with Gasteiger partial charge < -0.3 is 16.0 Å². The molecule has 1 heterocycles. The van der Waals surface area contributed by atoms with Crippen molar-refractivity contribution in [1.29, 1.82) is 0 Å². The summed E-state index contributed by atoms with van der Waals surface area (Å²) in [7, 11) is 0. The summed E-state index contributed by atoms with van der Waals surface area (Å²) >= 11 is 1.47. The zero-order valence-electron chi connectivity index (χ0n) is 13.0. The van der Waals surface area contributed by atoms with E-state index < -0.39 is 0 Å². The summed E-state index contributed by atoms with van der Waals surface area (Å²) in [5.41, 5.74) is 0.648. The van der Waals surface area contributed by atoms with E-state index in [0.29, 0.717) is 38.0 Å². The van der Waals surface area contributed by atoms with Crippen LogP contribution in [-0.4, -0.2) is 37.4 Å². The second kappa shape index (κ2) is 9.94. The number of rotatable bonds is 9. The number of thiophene rings is 1. The van der Waals surface area contributed by atoms with Gasteiger partial charge in [0.25, 0.3) is 5.91 Å². The fraction of sp³-hybridized carbons (Fsp3) is 0.533. The zero-order chi connectivity index (χ0) is 16.4. The second-order valence-corrected chi connectivity index (χ2v) is 5.95. The van der Waals surface area contributed by atoms with Gasteiger partial charge in [-0.3, -0.25) is 14.4 Å². The maximum atomic E-state index is 11.6. The van der Waals surface area contributed by atoms with Gasteiger partial charge in [-0.1, -0.05) is 13.8 Å². The minimum atomic E-state index is -0.113. The van der Waals surface area contributed by atoms with E-state index in [2.05, 4.69) is 16.0 Å². The molecular weight excluding hydrogens is 302 g/mol. The predicted octanol–water partition coefficient (Wildman–Crippen LogP) is 1.15. The first-order chi connectivity index (χ1) is 10.5. The van der Waals surface area contributed by atoms with Gasteiger partial charge in [-0.15, -0.1) is 0 Å². The highest BCUT2D eigenvalue weighted by Crippen LogP contribution is 2.05. The van der Waals surface area contributed by atoms with Crippen LogP contribution in [0.5, 0.6) is 0 Å². The van der Waals surface area contributed by atoms with E-state index in [1.165, 1.54) is 11.3 Å². The Balaban J connectivity index is 2.02. The molecule has 0 atom stereocenters. The van der Waals surface area contributed by atoms with Crippen LogP contribution in [0, 0.1) is 5.92 Å². The van der Waals surface area contributed by atoms with E-state index in [1.54, 1.807) is 11.4 Å². The van der Waals surface area contributed by atoms with Gasteiger partial charge in [0, 0.05) is 42.9 Å². The van der Waals surface area contributed by atoms with Gasteiger partial charge in [0.1, 0.15) is 0 Å². The van der Waals surface area contributed by atoms with Crippen molar-refractivity contribution in [2.24, 2.45) is 5.92 Å². The number of nitrogens with one attached hydrogen (secondary N) is 3. The Morgan fingerprint density at radius 3 is 2.45 bits per heavy atom. The molecule has 1 rings (SSSR count). The molecule has 3 amide bonds. The molecule has 1 aromatic rings. The highest BCUT2D eigenvalue weighted by atomic mass is 32.1. The molecule has 0 bridgehead atoms. The Morgan fingerprint density at radius 1 is 1.09 bits per heavy atom. The minimum absolute atomic E-state index is 0.0228. The van der Waals surface area contributed by atoms with E-state index in [-0.39, 0.29) is 23.6 Å². The van der Waals surface area contributed by atoms with Crippen LogP contribution in [0.1, 0.15) is 37.0 Å². The van der Waals surface area contributed by atoms with Crippen LogP contribution in [0.4, 0.5) is 0 Å². The van der Waals surface area contributed by atoms with E-state index >= 15 is 0 Å². The summed E-state index contributed by atoms with van der Waals surface area (Å²) < 4.78 is 0. The molecule has 1 aromatic heterocycles. The van der Waals surface area contributed by atoms with Gasteiger partial charge in [0.15, 0.2) is 0 Å². The molecule has 0 saturated heterocycles.